The lowest BCUT2D eigenvalue weighted by Gasteiger charge is -2.23. The molecule has 0 atom stereocenters. The molecule has 1 amide bonds. The summed E-state index contributed by atoms with van der Waals surface area (Å²) in [6.07, 6.45) is 1.54. The highest BCUT2D eigenvalue weighted by molar-refractivity contribution is 5.93. The van der Waals surface area contributed by atoms with Gasteiger partial charge in [0.1, 0.15) is 17.2 Å². The Morgan fingerprint density at radius 2 is 1.95 bits per heavy atom. The third-order valence-corrected chi connectivity index (χ3v) is 2.91. The van der Waals surface area contributed by atoms with Crippen LogP contribution in [0.3, 0.4) is 0 Å². The van der Waals surface area contributed by atoms with E-state index in [1.807, 2.05) is 44.2 Å². The van der Waals surface area contributed by atoms with Crippen LogP contribution in [0.15, 0.2) is 48.7 Å². The molecule has 1 heterocycles. The third kappa shape index (κ3) is 4.29. The molecule has 0 aliphatic carbocycles. The predicted octanol–water partition coefficient (Wildman–Crippen LogP) is 2.34. The van der Waals surface area contributed by atoms with Gasteiger partial charge in [-0.25, -0.2) is 0 Å². The second-order valence-corrected chi connectivity index (χ2v) is 5.33. The van der Waals surface area contributed by atoms with Crippen molar-refractivity contribution in [2.24, 2.45) is 5.73 Å². The molecule has 5 heteroatoms. The van der Waals surface area contributed by atoms with E-state index in [0.29, 0.717) is 23.7 Å². The van der Waals surface area contributed by atoms with Crippen molar-refractivity contribution in [3.8, 4) is 11.5 Å². The van der Waals surface area contributed by atoms with Gasteiger partial charge in [0.15, 0.2) is 0 Å². The fraction of sp³-hybridized carbons (Fsp3) is 0.250. The molecular formula is C16H19N3O2. The summed E-state index contributed by atoms with van der Waals surface area (Å²) in [5, 5.41) is 2.83. The van der Waals surface area contributed by atoms with Gasteiger partial charge < -0.3 is 15.8 Å². The maximum absolute atomic E-state index is 12.1. The number of rotatable bonds is 5. The van der Waals surface area contributed by atoms with E-state index < -0.39 is 5.54 Å². The van der Waals surface area contributed by atoms with Gasteiger partial charge in [0.2, 0.25) is 0 Å². The minimum Gasteiger partial charge on any atom is -0.457 e. The zero-order valence-electron chi connectivity index (χ0n) is 12.2. The summed E-state index contributed by atoms with van der Waals surface area (Å²) in [4.78, 5) is 16.2. The summed E-state index contributed by atoms with van der Waals surface area (Å²) in [7, 11) is 0. The molecule has 0 spiro atoms. The summed E-state index contributed by atoms with van der Waals surface area (Å²) < 4.78 is 5.68. The first-order chi connectivity index (χ1) is 10.00. The normalized spacial score (nSPS) is 11.0. The fourth-order valence-corrected chi connectivity index (χ4v) is 1.65. The number of benzene rings is 1. The van der Waals surface area contributed by atoms with E-state index in [9.17, 15) is 4.79 Å². The monoisotopic (exact) mass is 285 g/mol. The summed E-state index contributed by atoms with van der Waals surface area (Å²) in [6, 6.07) is 12.7. The van der Waals surface area contributed by atoms with Gasteiger partial charge in [0, 0.05) is 24.3 Å². The number of pyridine rings is 1. The van der Waals surface area contributed by atoms with Crippen molar-refractivity contribution >= 4 is 5.91 Å². The molecule has 2 rings (SSSR count). The van der Waals surface area contributed by atoms with Crippen LogP contribution in [0.25, 0.3) is 0 Å². The van der Waals surface area contributed by atoms with Crippen LogP contribution in [0.1, 0.15) is 24.3 Å². The number of carbonyl (C=O) groups excluding carboxylic acids is 1. The molecule has 0 saturated heterocycles. The standard InChI is InChI=1S/C16H19N3O2/c1-16(2,11-17)19-15(20)14-10-13(8-9-18-14)21-12-6-4-3-5-7-12/h3-10H,11,17H2,1-2H3,(H,19,20). The number of ether oxygens (including phenoxy) is 1. The Bertz CT molecular complexity index is 612. The average molecular weight is 285 g/mol. The van der Waals surface area contributed by atoms with Gasteiger partial charge in [0.05, 0.1) is 0 Å². The molecule has 3 N–H and O–H groups in total. The molecule has 0 radical (unpaired) electrons. The van der Waals surface area contributed by atoms with Gasteiger partial charge in [-0.05, 0) is 32.0 Å². The summed E-state index contributed by atoms with van der Waals surface area (Å²) in [6.45, 7) is 4.06. The number of para-hydroxylation sites is 1. The Hall–Kier alpha value is -2.40. The van der Waals surface area contributed by atoms with E-state index in [1.165, 1.54) is 0 Å². The van der Waals surface area contributed by atoms with Gasteiger partial charge in [-0.3, -0.25) is 9.78 Å². The highest BCUT2D eigenvalue weighted by atomic mass is 16.5. The highest BCUT2D eigenvalue weighted by Crippen LogP contribution is 2.20. The number of hydrogen-bond acceptors (Lipinski definition) is 4. The fourth-order valence-electron chi connectivity index (χ4n) is 1.65. The second kappa shape index (κ2) is 6.37. The number of nitrogens with two attached hydrogens (primary N) is 1. The van der Waals surface area contributed by atoms with Crippen LogP contribution < -0.4 is 15.8 Å². The average Bonchev–Trinajstić information content (AvgIpc) is 2.48. The van der Waals surface area contributed by atoms with Crippen LogP contribution in [0, 0.1) is 0 Å². The van der Waals surface area contributed by atoms with E-state index >= 15 is 0 Å². The molecule has 110 valence electrons. The Kier molecular flexibility index (Phi) is 4.55. The van der Waals surface area contributed by atoms with Crippen LogP contribution in [0.5, 0.6) is 11.5 Å². The lowest BCUT2D eigenvalue weighted by atomic mass is 10.1. The highest BCUT2D eigenvalue weighted by Gasteiger charge is 2.20. The molecule has 0 bridgehead atoms. The van der Waals surface area contributed by atoms with Gasteiger partial charge >= 0.3 is 0 Å². The number of nitrogens with one attached hydrogen (secondary N) is 1. The lowest BCUT2D eigenvalue weighted by Crippen LogP contribution is -2.49. The Morgan fingerprint density at radius 3 is 2.62 bits per heavy atom. The summed E-state index contributed by atoms with van der Waals surface area (Å²) >= 11 is 0. The van der Waals surface area contributed by atoms with Crippen molar-refractivity contribution in [1.82, 2.24) is 10.3 Å². The van der Waals surface area contributed by atoms with Crippen LogP contribution >= 0.6 is 0 Å². The van der Waals surface area contributed by atoms with Crippen molar-refractivity contribution in [2.75, 3.05) is 6.54 Å². The quantitative estimate of drug-likeness (QED) is 0.884. The molecule has 2 aromatic rings. The second-order valence-electron chi connectivity index (χ2n) is 5.33. The maximum Gasteiger partial charge on any atom is 0.270 e. The molecule has 21 heavy (non-hydrogen) atoms. The van der Waals surface area contributed by atoms with Crippen molar-refractivity contribution in [3.05, 3.63) is 54.4 Å². The van der Waals surface area contributed by atoms with Crippen LogP contribution in [0.2, 0.25) is 0 Å². The first-order valence-corrected chi connectivity index (χ1v) is 6.72. The van der Waals surface area contributed by atoms with E-state index in [2.05, 4.69) is 10.3 Å². The Morgan fingerprint density at radius 1 is 1.24 bits per heavy atom. The van der Waals surface area contributed by atoms with Crippen molar-refractivity contribution in [3.63, 3.8) is 0 Å². The topological polar surface area (TPSA) is 77.2 Å². The molecule has 1 aromatic carbocycles. The molecule has 1 aromatic heterocycles. The molecule has 0 aliphatic rings. The zero-order valence-corrected chi connectivity index (χ0v) is 12.2. The SMILES string of the molecule is CC(C)(CN)NC(=O)c1cc(Oc2ccccc2)ccn1. The summed E-state index contributed by atoms with van der Waals surface area (Å²) in [5.41, 5.74) is 5.42. The number of nitrogens with zero attached hydrogens (tertiary/aromatic N) is 1. The van der Waals surface area contributed by atoms with E-state index in [4.69, 9.17) is 10.5 Å². The van der Waals surface area contributed by atoms with E-state index in [0.717, 1.165) is 0 Å². The van der Waals surface area contributed by atoms with Gasteiger partial charge in [-0.15, -0.1) is 0 Å². The van der Waals surface area contributed by atoms with Crippen LogP contribution in [0.4, 0.5) is 0 Å². The molecular weight excluding hydrogens is 266 g/mol. The zero-order chi connectivity index (χ0) is 15.3. The van der Waals surface area contributed by atoms with Gasteiger partial charge in [0.25, 0.3) is 5.91 Å². The van der Waals surface area contributed by atoms with Crippen molar-refractivity contribution < 1.29 is 9.53 Å². The number of carbonyl (C=O) groups is 1. The van der Waals surface area contributed by atoms with Crippen LogP contribution in [-0.2, 0) is 0 Å². The largest absolute Gasteiger partial charge is 0.457 e. The predicted molar refractivity (Wildman–Crippen MR) is 81.4 cm³/mol. The smallest absolute Gasteiger partial charge is 0.270 e. The Balaban J connectivity index is 2.12. The first kappa shape index (κ1) is 15.0. The number of hydrogen-bond donors (Lipinski definition) is 2. The molecule has 5 nitrogen and oxygen atoms in total. The molecule has 0 saturated carbocycles. The van der Waals surface area contributed by atoms with Crippen LogP contribution in [-0.4, -0.2) is 23.0 Å². The van der Waals surface area contributed by atoms with Gasteiger partial charge in [-0.1, -0.05) is 18.2 Å². The number of amides is 1. The van der Waals surface area contributed by atoms with E-state index in [-0.39, 0.29) is 5.91 Å². The summed E-state index contributed by atoms with van der Waals surface area (Å²) in [5.74, 6) is 0.994. The van der Waals surface area contributed by atoms with Gasteiger partial charge in [-0.2, -0.15) is 0 Å². The molecule has 0 fully saturated rings. The molecule has 0 aliphatic heterocycles. The Labute approximate surface area is 124 Å². The van der Waals surface area contributed by atoms with E-state index in [1.54, 1.807) is 18.3 Å². The van der Waals surface area contributed by atoms with Crippen molar-refractivity contribution in [2.45, 2.75) is 19.4 Å². The molecule has 0 unspecified atom stereocenters. The van der Waals surface area contributed by atoms with Crippen molar-refractivity contribution in [1.29, 1.82) is 0 Å². The lowest BCUT2D eigenvalue weighted by molar-refractivity contribution is 0.0910. The maximum atomic E-state index is 12.1. The first-order valence-electron chi connectivity index (χ1n) is 6.72. The minimum absolute atomic E-state index is 0.274. The number of aromatic nitrogens is 1. The minimum atomic E-state index is -0.477. The third-order valence-electron chi connectivity index (χ3n) is 2.91.